The summed E-state index contributed by atoms with van der Waals surface area (Å²) in [6, 6.07) is 9.45. The largest absolute Gasteiger partial charge is 0.493 e. The van der Waals surface area contributed by atoms with Crippen molar-refractivity contribution in [3.8, 4) is 5.75 Å². The number of pyridine rings is 1. The standard InChI is InChI=1S/C21H23ClN4O2S/c1-15-14-16(22)6-7-18(15)28-13-3-5-19(27)25-9-11-26(12-10-25)21-24-17-4-2-8-23-20(17)29-21/h2,4,6-8,14H,3,5,9-13H2,1H3. The maximum absolute atomic E-state index is 12.5. The summed E-state index contributed by atoms with van der Waals surface area (Å²) in [5, 5.41) is 1.68. The number of fused-ring (bicyclic) bond motifs is 1. The molecule has 8 heteroatoms. The molecule has 0 aliphatic carbocycles. The van der Waals surface area contributed by atoms with Gasteiger partial charge >= 0.3 is 0 Å². The molecule has 1 saturated heterocycles. The van der Waals surface area contributed by atoms with Gasteiger partial charge in [-0.2, -0.15) is 0 Å². The lowest BCUT2D eigenvalue weighted by molar-refractivity contribution is -0.131. The number of aryl methyl sites for hydroxylation is 1. The number of anilines is 1. The molecule has 152 valence electrons. The second-order valence-electron chi connectivity index (χ2n) is 7.05. The Hall–Kier alpha value is -2.38. The molecule has 6 nitrogen and oxygen atoms in total. The van der Waals surface area contributed by atoms with Gasteiger partial charge in [-0.25, -0.2) is 9.97 Å². The Balaban J connectivity index is 1.21. The van der Waals surface area contributed by atoms with Gasteiger partial charge in [0, 0.05) is 43.8 Å². The third kappa shape index (κ3) is 4.79. The first-order chi connectivity index (χ1) is 14.1. The molecule has 1 fully saturated rings. The van der Waals surface area contributed by atoms with E-state index >= 15 is 0 Å². The van der Waals surface area contributed by atoms with E-state index in [9.17, 15) is 4.79 Å². The van der Waals surface area contributed by atoms with Crippen LogP contribution < -0.4 is 9.64 Å². The Bertz CT molecular complexity index is 968. The van der Waals surface area contributed by atoms with E-state index in [1.54, 1.807) is 17.5 Å². The zero-order chi connectivity index (χ0) is 20.2. The van der Waals surface area contributed by atoms with Crippen LogP contribution >= 0.6 is 22.9 Å². The van der Waals surface area contributed by atoms with Crippen LogP contribution in [0.5, 0.6) is 5.75 Å². The van der Waals surface area contributed by atoms with Gasteiger partial charge in [0.2, 0.25) is 5.91 Å². The molecule has 3 heterocycles. The lowest BCUT2D eigenvalue weighted by Gasteiger charge is -2.34. The van der Waals surface area contributed by atoms with Crippen molar-refractivity contribution in [1.82, 2.24) is 14.9 Å². The van der Waals surface area contributed by atoms with E-state index in [1.165, 1.54) is 0 Å². The number of halogens is 1. The van der Waals surface area contributed by atoms with Crippen molar-refractivity contribution in [2.24, 2.45) is 0 Å². The number of ether oxygens (including phenoxy) is 1. The molecule has 4 rings (SSSR count). The van der Waals surface area contributed by atoms with Gasteiger partial charge < -0.3 is 14.5 Å². The van der Waals surface area contributed by atoms with Crippen LogP contribution in [0.25, 0.3) is 10.3 Å². The van der Waals surface area contributed by atoms with Crippen LogP contribution in [0.2, 0.25) is 5.02 Å². The van der Waals surface area contributed by atoms with Crippen molar-refractivity contribution in [3.05, 3.63) is 47.1 Å². The summed E-state index contributed by atoms with van der Waals surface area (Å²) in [6.07, 6.45) is 2.99. The Morgan fingerprint density at radius 1 is 1.24 bits per heavy atom. The molecule has 1 aliphatic heterocycles. The number of hydrogen-bond acceptors (Lipinski definition) is 6. The predicted molar refractivity (Wildman–Crippen MR) is 117 cm³/mol. The van der Waals surface area contributed by atoms with Gasteiger partial charge in [-0.1, -0.05) is 22.9 Å². The molecule has 2 aromatic heterocycles. The molecular weight excluding hydrogens is 408 g/mol. The van der Waals surface area contributed by atoms with Crippen molar-refractivity contribution in [2.45, 2.75) is 19.8 Å². The maximum atomic E-state index is 12.5. The van der Waals surface area contributed by atoms with Crippen LogP contribution in [0.4, 0.5) is 5.13 Å². The number of amides is 1. The molecule has 1 amide bonds. The summed E-state index contributed by atoms with van der Waals surface area (Å²) >= 11 is 7.57. The minimum atomic E-state index is 0.187. The van der Waals surface area contributed by atoms with Crippen molar-refractivity contribution < 1.29 is 9.53 Å². The minimum absolute atomic E-state index is 0.187. The molecule has 29 heavy (non-hydrogen) atoms. The minimum Gasteiger partial charge on any atom is -0.493 e. The lowest BCUT2D eigenvalue weighted by Crippen LogP contribution is -2.48. The Morgan fingerprint density at radius 3 is 2.83 bits per heavy atom. The van der Waals surface area contributed by atoms with Crippen LogP contribution in [0.3, 0.4) is 0 Å². The van der Waals surface area contributed by atoms with Gasteiger partial charge in [0.05, 0.1) is 6.61 Å². The normalized spacial score (nSPS) is 14.4. The van der Waals surface area contributed by atoms with Crippen LogP contribution in [-0.4, -0.2) is 53.6 Å². The van der Waals surface area contributed by atoms with Gasteiger partial charge in [-0.05, 0) is 49.2 Å². The quantitative estimate of drug-likeness (QED) is 0.549. The highest BCUT2D eigenvalue weighted by Gasteiger charge is 2.23. The molecule has 0 radical (unpaired) electrons. The van der Waals surface area contributed by atoms with Gasteiger partial charge in [0.25, 0.3) is 0 Å². The highest BCUT2D eigenvalue weighted by atomic mass is 35.5. The van der Waals surface area contributed by atoms with Crippen molar-refractivity contribution in [2.75, 3.05) is 37.7 Å². The molecule has 0 unspecified atom stereocenters. The number of nitrogens with zero attached hydrogens (tertiary/aromatic N) is 4. The average Bonchev–Trinajstić information content (AvgIpc) is 3.17. The highest BCUT2D eigenvalue weighted by Crippen LogP contribution is 2.27. The first-order valence-corrected chi connectivity index (χ1v) is 10.9. The van der Waals surface area contributed by atoms with Gasteiger partial charge in [-0.15, -0.1) is 0 Å². The molecule has 0 saturated carbocycles. The molecule has 0 atom stereocenters. The first-order valence-electron chi connectivity index (χ1n) is 9.73. The lowest BCUT2D eigenvalue weighted by atomic mass is 10.2. The number of thiazole rings is 1. The number of benzene rings is 1. The number of aromatic nitrogens is 2. The number of carbonyl (C=O) groups is 1. The Kier molecular flexibility index (Phi) is 6.16. The number of carbonyl (C=O) groups excluding carboxylic acids is 1. The molecular formula is C21H23ClN4O2S. The Morgan fingerprint density at radius 2 is 2.07 bits per heavy atom. The third-order valence-corrected chi connectivity index (χ3v) is 6.26. The van der Waals surface area contributed by atoms with Crippen LogP contribution in [0.1, 0.15) is 18.4 Å². The molecule has 0 spiro atoms. The zero-order valence-corrected chi connectivity index (χ0v) is 17.9. The highest BCUT2D eigenvalue weighted by molar-refractivity contribution is 7.21. The van der Waals surface area contributed by atoms with Crippen molar-refractivity contribution in [3.63, 3.8) is 0 Å². The summed E-state index contributed by atoms with van der Waals surface area (Å²) in [4.78, 5) is 26.7. The number of hydrogen-bond donors (Lipinski definition) is 0. The summed E-state index contributed by atoms with van der Waals surface area (Å²) in [6.45, 7) is 5.52. The van der Waals surface area contributed by atoms with Crippen LogP contribution in [0.15, 0.2) is 36.5 Å². The van der Waals surface area contributed by atoms with Crippen LogP contribution in [0, 0.1) is 6.92 Å². The molecule has 3 aromatic rings. The SMILES string of the molecule is Cc1cc(Cl)ccc1OCCCC(=O)N1CCN(c2nc3cccnc3s2)CC1. The second kappa shape index (κ2) is 8.97. The first kappa shape index (κ1) is 19.9. The van der Waals surface area contributed by atoms with E-state index in [4.69, 9.17) is 16.3 Å². The number of rotatable bonds is 6. The van der Waals surface area contributed by atoms with Gasteiger partial charge in [0.1, 0.15) is 16.1 Å². The summed E-state index contributed by atoms with van der Waals surface area (Å²) in [5.41, 5.74) is 1.94. The topological polar surface area (TPSA) is 58.6 Å². The third-order valence-electron chi connectivity index (χ3n) is 4.99. The monoisotopic (exact) mass is 430 g/mol. The Labute approximate surface area is 179 Å². The zero-order valence-electron chi connectivity index (χ0n) is 16.3. The predicted octanol–water partition coefficient (Wildman–Crippen LogP) is 4.16. The van der Waals surface area contributed by atoms with E-state index in [1.807, 2.05) is 42.2 Å². The van der Waals surface area contributed by atoms with E-state index in [0.29, 0.717) is 24.5 Å². The molecule has 0 N–H and O–H groups in total. The molecule has 1 aromatic carbocycles. The summed E-state index contributed by atoms with van der Waals surface area (Å²) in [7, 11) is 0. The van der Waals surface area contributed by atoms with E-state index < -0.39 is 0 Å². The fourth-order valence-corrected chi connectivity index (χ4v) is 4.57. The van der Waals surface area contributed by atoms with Gasteiger partial charge in [-0.3, -0.25) is 4.79 Å². The van der Waals surface area contributed by atoms with Crippen molar-refractivity contribution in [1.29, 1.82) is 0 Å². The summed E-state index contributed by atoms with van der Waals surface area (Å²) < 4.78 is 5.78. The second-order valence-corrected chi connectivity index (χ2v) is 8.45. The van der Waals surface area contributed by atoms with E-state index in [0.717, 1.165) is 53.0 Å². The average molecular weight is 431 g/mol. The fourth-order valence-electron chi connectivity index (χ4n) is 3.38. The van der Waals surface area contributed by atoms with Gasteiger partial charge in [0.15, 0.2) is 5.13 Å². The summed E-state index contributed by atoms with van der Waals surface area (Å²) in [5.74, 6) is 1.01. The van der Waals surface area contributed by atoms with Crippen LogP contribution in [-0.2, 0) is 4.79 Å². The molecule has 0 bridgehead atoms. The van der Waals surface area contributed by atoms with Crippen molar-refractivity contribution >= 4 is 44.3 Å². The van der Waals surface area contributed by atoms with E-state index in [-0.39, 0.29) is 5.91 Å². The van der Waals surface area contributed by atoms with E-state index in [2.05, 4.69) is 14.9 Å². The smallest absolute Gasteiger partial charge is 0.222 e. The number of piperazine rings is 1. The molecule has 1 aliphatic rings. The maximum Gasteiger partial charge on any atom is 0.222 e. The fraction of sp³-hybridized carbons (Fsp3) is 0.381.